The number of rotatable bonds is 5. The topological polar surface area (TPSA) is 71.0 Å². The first-order chi connectivity index (χ1) is 11.7. The SMILES string of the molecule is COc1cc(C(C)NCC2CCN(C(=O)OC(C)(C)C)C2)ccc1O. The third kappa shape index (κ3) is 5.53. The van der Waals surface area contributed by atoms with Gasteiger partial charge >= 0.3 is 6.09 Å². The van der Waals surface area contributed by atoms with Crippen LogP contribution in [0.25, 0.3) is 0 Å². The molecule has 0 aliphatic carbocycles. The molecular weight excluding hydrogens is 320 g/mol. The summed E-state index contributed by atoms with van der Waals surface area (Å²) in [5.74, 6) is 1.03. The van der Waals surface area contributed by atoms with Crippen molar-refractivity contribution in [3.8, 4) is 11.5 Å². The van der Waals surface area contributed by atoms with E-state index in [1.54, 1.807) is 18.1 Å². The summed E-state index contributed by atoms with van der Waals surface area (Å²) in [6.07, 6.45) is 0.740. The Balaban J connectivity index is 1.83. The second-order valence-electron chi connectivity index (χ2n) is 7.64. The zero-order valence-corrected chi connectivity index (χ0v) is 15.8. The number of ether oxygens (including phenoxy) is 2. The second kappa shape index (κ2) is 7.95. The lowest BCUT2D eigenvalue weighted by atomic mass is 10.1. The number of likely N-dealkylation sites (tertiary alicyclic amines) is 1. The number of amides is 1. The number of carbonyl (C=O) groups excluding carboxylic acids is 1. The average Bonchev–Trinajstić information content (AvgIpc) is 3.00. The number of carbonyl (C=O) groups is 1. The fraction of sp³-hybridized carbons (Fsp3) is 0.632. The van der Waals surface area contributed by atoms with E-state index in [0.29, 0.717) is 18.2 Å². The fourth-order valence-electron chi connectivity index (χ4n) is 2.92. The van der Waals surface area contributed by atoms with E-state index in [2.05, 4.69) is 12.2 Å². The minimum atomic E-state index is -0.458. The van der Waals surface area contributed by atoms with Crippen molar-refractivity contribution < 1.29 is 19.4 Å². The Morgan fingerprint density at radius 1 is 1.44 bits per heavy atom. The molecule has 2 N–H and O–H groups in total. The average molecular weight is 350 g/mol. The minimum absolute atomic E-state index is 0.130. The van der Waals surface area contributed by atoms with E-state index in [9.17, 15) is 9.90 Å². The zero-order valence-electron chi connectivity index (χ0n) is 15.8. The molecule has 2 atom stereocenters. The summed E-state index contributed by atoms with van der Waals surface area (Å²) in [7, 11) is 1.54. The monoisotopic (exact) mass is 350 g/mol. The quantitative estimate of drug-likeness (QED) is 0.852. The van der Waals surface area contributed by atoms with E-state index in [1.807, 2.05) is 32.9 Å². The minimum Gasteiger partial charge on any atom is -0.504 e. The first-order valence-corrected chi connectivity index (χ1v) is 8.78. The highest BCUT2D eigenvalue weighted by atomic mass is 16.6. The van der Waals surface area contributed by atoms with Crippen molar-refractivity contribution in [3.63, 3.8) is 0 Å². The maximum Gasteiger partial charge on any atom is 0.410 e. The molecule has 1 aliphatic heterocycles. The van der Waals surface area contributed by atoms with Crippen LogP contribution in [0.4, 0.5) is 4.79 Å². The third-order valence-electron chi connectivity index (χ3n) is 4.35. The molecule has 0 spiro atoms. The lowest BCUT2D eigenvalue weighted by Crippen LogP contribution is -2.36. The largest absolute Gasteiger partial charge is 0.504 e. The molecule has 1 aliphatic rings. The van der Waals surface area contributed by atoms with E-state index in [0.717, 1.165) is 25.1 Å². The smallest absolute Gasteiger partial charge is 0.410 e. The van der Waals surface area contributed by atoms with Crippen molar-refractivity contribution in [1.29, 1.82) is 0 Å². The molecule has 2 rings (SSSR count). The molecule has 0 bridgehead atoms. The first-order valence-electron chi connectivity index (χ1n) is 8.78. The normalized spacial score (nSPS) is 18.9. The van der Waals surface area contributed by atoms with Crippen LogP contribution in [0.3, 0.4) is 0 Å². The van der Waals surface area contributed by atoms with Crippen molar-refractivity contribution in [3.05, 3.63) is 23.8 Å². The van der Waals surface area contributed by atoms with Crippen LogP contribution in [0.2, 0.25) is 0 Å². The summed E-state index contributed by atoms with van der Waals surface area (Å²) >= 11 is 0. The predicted molar refractivity (Wildman–Crippen MR) is 97.0 cm³/mol. The molecule has 25 heavy (non-hydrogen) atoms. The Morgan fingerprint density at radius 3 is 2.80 bits per heavy atom. The molecular formula is C19H30N2O4. The number of phenolic OH excluding ortho intramolecular Hbond substituents is 1. The van der Waals surface area contributed by atoms with Gasteiger partial charge in [-0.2, -0.15) is 0 Å². The fourth-order valence-corrected chi connectivity index (χ4v) is 2.92. The molecule has 1 heterocycles. The lowest BCUT2D eigenvalue weighted by molar-refractivity contribution is 0.0288. The van der Waals surface area contributed by atoms with Crippen LogP contribution >= 0.6 is 0 Å². The van der Waals surface area contributed by atoms with E-state index in [1.165, 1.54) is 0 Å². The number of nitrogens with zero attached hydrogens (tertiary/aromatic N) is 1. The van der Waals surface area contributed by atoms with Crippen molar-refractivity contribution in [1.82, 2.24) is 10.2 Å². The second-order valence-corrected chi connectivity index (χ2v) is 7.64. The van der Waals surface area contributed by atoms with Gasteiger partial charge in [-0.25, -0.2) is 4.79 Å². The zero-order chi connectivity index (χ0) is 18.6. The van der Waals surface area contributed by atoms with E-state index in [4.69, 9.17) is 9.47 Å². The van der Waals surface area contributed by atoms with Gasteiger partial charge in [-0.05, 0) is 57.7 Å². The highest BCUT2D eigenvalue weighted by Gasteiger charge is 2.29. The Labute approximate surface area is 150 Å². The highest BCUT2D eigenvalue weighted by Crippen LogP contribution is 2.29. The molecule has 6 heteroatoms. The van der Waals surface area contributed by atoms with Crippen LogP contribution in [0.1, 0.15) is 45.7 Å². The van der Waals surface area contributed by atoms with Crippen molar-refractivity contribution in [2.45, 2.75) is 45.8 Å². The van der Waals surface area contributed by atoms with E-state index in [-0.39, 0.29) is 17.9 Å². The van der Waals surface area contributed by atoms with Gasteiger partial charge in [0.25, 0.3) is 0 Å². The summed E-state index contributed by atoms with van der Waals surface area (Å²) in [6, 6.07) is 5.50. The number of hydrogen-bond donors (Lipinski definition) is 2. The van der Waals surface area contributed by atoms with E-state index >= 15 is 0 Å². The molecule has 1 saturated heterocycles. The summed E-state index contributed by atoms with van der Waals surface area (Å²) in [6.45, 7) is 10.0. The van der Waals surface area contributed by atoms with Crippen LogP contribution in [-0.2, 0) is 4.74 Å². The van der Waals surface area contributed by atoms with Gasteiger partial charge < -0.3 is 24.8 Å². The summed E-state index contributed by atoms with van der Waals surface area (Å²) in [4.78, 5) is 13.9. The molecule has 2 unspecified atom stereocenters. The molecule has 0 radical (unpaired) electrons. The van der Waals surface area contributed by atoms with Crippen LogP contribution in [0, 0.1) is 5.92 Å². The van der Waals surface area contributed by atoms with Gasteiger partial charge in [0.05, 0.1) is 7.11 Å². The van der Waals surface area contributed by atoms with Gasteiger partial charge in [-0.1, -0.05) is 6.07 Å². The van der Waals surface area contributed by atoms with Gasteiger partial charge in [-0.15, -0.1) is 0 Å². The Hall–Kier alpha value is -1.95. The third-order valence-corrected chi connectivity index (χ3v) is 4.35. The molecule has 6 nitrogen and oxygen atoms in total. The number of phenols is 1. The molecule has 1 aromatic carbocycles. The van der Waals surface area contributed by atoms with Crippen LogP contribution in [0.15, 0.2) is 18.2 Å². The van der Waals surface area contributed by atoms with Gasteiger partial charge in [0.15, 0.2) is 11.5 Å². The maximum absolute atomic E-state index is 12.1. The van der Waals surface area contributed by atoms with Crippen LogP contribution in [0.5, 0.6) is 11.5 Å². The molecule has 0 aromatic heterocycles. The maximum atomic E-state index is 12.1. The van der Waals surface area contributed by atoms with Gasteiger partial charge in [0, 0.05) is 25.7 Å². The summed E-state index contributed by atoms with van der Waals surface area (Å²) in [5.41, 5.74) is 0.594. The van der Waals surface area contributed by atoms with Gasteiger partial charge in [0.1, 0.15) is 5.60 Å². The number of hydrogen-bond acceptors (Lipinski definition) is 5. The Kier molecular flexibility index (Phi) is 6.16. The van der Waals surface area contributed by atoms with Crippen LogP contribution < -0.4 is 10.1 Å². The molecule has 140 valence electrons. The standard InChI is InChI=1S/C19H30N2O4/c1-13(15-6-7-16(22)17(10-15)24-5)20-11-14-8-9-21(12-14)18(23)25-19(2,3)4/h6-7,10,13-14,20,22H,8-9,11-12H2,1-5H3. The molecule has 1 fully saturated rings. The molecule has 0 saturated carbocycles. The van der Waals surface area contributed by atoms with Crippen molar-refractivity contribution in [2.24, 2.45) is 5.92 Å². The van der Waals surface area contributed by atoms with Crippen LogP contribution in [-0.4, -0.2) is 48.4 Å². The van der Waals surface area contributed by atoms with Gasteiger partial charge in [-0.3, -0.25) is 0 Å². The van der Waals surface area contributed by atoms with Gasteiger partial charge in [0.2, 0.25) is 0 Å². The summed E-state index contributed by atoms with van der Waals surface area (Å²) < 4.78 is 10.6. The number of aromatic hydroxyl groups is 1. The first kappa shape index (κ1) is 19.4. The molecule has 1 amide bonds. The van der Waals surface area contributed by atoms with Crippen molar-refractivity contribution >= 4 is 6.09 Å². The van der Waals surface area contributed by atoms with E-state index < -0.39 is 5.60 Å². The predicted octanol–water partition coefficient (Wildman–Crippen LogP) is 3.31. The Morgan fingerprint density at radius 2 is 2.16 bits per heavy atom. The lowest BCUT2D eigenvalue weighted by Gasteiger charge is -2.24. The number of benzene rings is 1. The van der Waals surface area contributed by atoms with Crippen molar-refractivity contribution in [2.75, 3.05) is 26.7 Å². The highest BCUT2D eigenvalue weighted by molar-refractivity contribution is 5.68. The summed E-state index contributed by atoms with van der Waals surface area (Å²) in [5, 5.41) is 13.2. The molecule has 1 aromatic rings. The number of nitrogens with one attached hydrogen (secondary N) is 1. The Bertz CT molecular complexity index is 598. The number of methoxy groups -OCH3 is 1.